The summed E-state index contributed by atoms with van der Waals surface area (Å²) in [7, 11) is 0. The second-order valence-corrected chi connectivity index (χ2v) is 0. The van der Waals surface area contributed by atoms with Crippen LogP contribution in [0.4, 0.5) is 0 Å². The predicted octanol–water partition coefficient (Wildman–Crippen LogP) is -2.47. The van der Waals surface area contributed by atoms with Crippen LogP contribution in [0.5, 0.6) is 0 Å². The van der Waals surface area contributed by atoms with Crippen LogP contribution in [0.2, 0.25) is 0 Å². The van der Waals surface area contributed by atoms with Gasteiger partial charge < -0.3 is 32.9 Å². The number of rotatable bonds is 0. The Bertz CT molecular complexity index is 8.49. The summed E-state index contributed by atoms with van der Waals surface area (Å²) >= 11 is 0. The number of hydrogen-bond acceptors (Lipinski definition) is 5. The van der Waals surface area contributed by atoms with Gasteiger partial charge in [0.1, 0.15) is 0 Å². The third-order valence-corrected chi connectivity index (χ3v) is 0. The fraction of sp³-hybridized carbons (Fsp3) is 0. The maximum Gasteiger partial charge on any atom is 3.00 e. The fourth-order valence-electron chi connectivity index (χ4n) is 0. The van der Waals surface area contributed by atoms with Crippen molar-refractivity contribution in [3.8, 4) is 0 Å². The molecule has 6 nitrogen and oxygen atoms in total. The van der Waals surface area contributed by atoms with E-state index in [0.717, 1.165) is 0 Å². The molecule has 0 saturated heterocycles. The molecule has 0 unspecified atom stereocenters. The Labute approximate surface area is 73.4 Å². The molecule has 0 heterocycles. The smallest absolute Gasteiger partial charge is 0.870 e. The second-order valence-electron chi connectivity index (χ2n) is 0. The van der Waals surface area contributed by atoms with Crippen molar-refractivity contribution in [2.24, 2.45) is 0 Å². The quantitative estimate of drug-likeness (QED) is 0.349. The van der Waals surface area contributed by atoms with E-state index in [1.807, 2.05) is 0 Å². The second kappa shape index (κ2) is 358. The van der Waals surface area contributed by atoms with E-state index in [1.54, 1.807) is 0 Å². The Hall–Kier alpha value is 1.06. The monoisotopic (exact) mass is 154 g/mol. The van der Waals surface area contributed by atoms with Gasteiger partial charge in [-0.3, -0.25) is 0 Å². The first-order valence-corrected chi connectivity index (χ1v) is 0. The van der Waals surface area contributed by atoms with Crippen LogP contribution in [0, 0.1) is 0 Å². The summed E-state index contributed by atoms with van der Waals surface area (Å²) in [6.45, 7) is 0. The summed E-state index contributed by atoms with van der Waals surface area (Å²) in [5.74, 6) is 0. The Balaban J connectivity index is 0. The molecule has 7 N–H and O–H groups in total. The fourth-order valence-corrected chi connectivity index (χ4v) is 0. The molecule has 0 aromatic carbocycles. The molecule has 0 fully saturated rings. The summed E-state index contributed by atoms with van der Waals surface area (Å²) in [5.41, 5.74) is 0. The minimum Gasteiger partial charge on any atom is -0.870 e. The molecule has 0 saturated carbocycles. The van der Waals surface area contributed by atoms with E-state index in [2.05, 4.69) is 0 Å². The van der Waals surface area contributed by atoms with Crippen LogP contribution in [0.25, 0.3) is 0 Å². The molecular formula is H7AlMgO6. The van der Waals surface area contributed by atoms with Crippen LogP contribution in [0.1, 0.15) is 0 Å². The normalized spacial score (nSPS) is 0. The van der Waals surface area contributed by atoms with Crippen molar-refractivity contribution >= 4 is 40.4 Å². The summed E-state index contributed by atoms with van der Waals surface area (Å²) in [5, 5.41) is 0. The van der Waals surface area contributed by atoms with Gasteiger partial charge in [0.15, 0.2) is 0 Å². The van der Waals surface area contributed by atoms with Gasteiger partial charge in [-0.25, -0.2) is 0 Å². The molecule has 0 aliphatic carbocycles. The molecule has 48 valence electrons. The van der Waals surface area contributed by atoms with Gasteiger partial charge in [0.25, 0.3) is 0 Å². The summed E-state index contributed by atoms with van der Waals surface area (Å²) in [6.07, 6.45) is 0. The Morgan fingerprint density at radius 2 is 0.500 bits per heavy atom. The zero-order valence-electron chi connectivity index (χ0n) is 4.02. The van der Waals surface area contributed by atoms with Gasteiger partial charge in [0.2, 0.25) is 0 Å². The van der Waals surface area contributed by atoms with E-state index >= 15 is 0 Å². The summed E-state index contributed by atoms with van der Waals surface area (Å²) in [6, 6.07) is 0. The Kier molecular flexibility index (Phi) is 23500. The molecule has 0 spiro atoms. The van der Waals surface area contributed by atoms with Gasteiger partial charge in [0, 0.05) is 0 Å². The standard InChI is InChI=1S/Al.Mg.6H2O/h;;6*1H2/q+3;+2;;;;;;/p-5. The SMILES string of the molecule is O.[Al+3].[Mg+2].[OH-].[OH-].[OH-].[OH-].[OH-]. The maximum atomic E-state index is 0. The van der Waals surface area contributed by atoms with Crippen LogP contribution < -0.4 is 0 Å². The van der Waals surface area contributed by atoms with Gasteiger partial charge in [-0.2, -0.15) is 0 Å². The molecular weight excluding hydrogens is 147 g/mol. The number of hydrogen-bond donors (Lipinski definition) is 0. The molecule has 0 atom stereocenters. The zero-order valence-corrected chi connectivity index (χ0v) is 6.59. The Morgan fingerprint density at radius 1 is 0.500 bits per heavy atom. The molecule has 0 aliphatic rings. The predicted molar refractivity (Wildman–Crippen MR) is 24.8 cm³/mol. The van der Waals surface area contributed by atoms with Crippen LogP contribution in [-0.2, 0) is 0 Å². The molecule has 0 aliphatic heterocycles. The molecule has 8 heteroatoms. The van der Waals surface area contributed by atoms with Crippen molar-refractivity contribution in [1.29, 1.82) is 0 Å². The van der Waals surface area contributed by atoms with Crippen molar-refractivity contribution in [2.45, 2.75) is 0 Å². The molecule has 0 amide bonds. The van der Waals surface area contributed by atoms with Gasteiger partial charge in [-0.05, 0) is 0 Å². The average molecular weight is 154 g/mol. The minimum atomic E-state index is 0. The first-order valence-electron chi connectivity index (χ1n) is 0. The van der Waals surface area contributed by atoms with Gasteiger partial charge >= 0.3 is 40.4 Å². The molecule has 0 rings (SSSR count). The third-order valence-electron chi connectivity index (χ3n) is 0. The van der Waals surface area contributed by atoms with Gasteiger partial charge in [0.05, 0.1) is 0 Å². The molecule has 0 aromatic heterocycles. The van der Waals surface area contributed by atoms with E-state index in [-0.39, 0.29) is 73.3 Å². The van der Waals surface area contributed by atoms with Crippen LogP contribution in [0.15, 0.2) is 0 Å². The topological polar surface area (TPSA) is 182 Å². The van der Waals surface area contributed by atoms with Gasteiger partial charge in [-0.1, -0.05) is 0 Å². The van der Waals surface area contributed by atoms with Crippen LogP contribution >= 0.6 is 0 Å². The van der Waals surface area contributed by atoms with E-state index < -0.39 is 0 Å². The average Bonchev–Trinajstić information content (AvgIpc) is 0. The van der Waals surface area contributed by atoms with Crippen molar-refractivity contribution < 1.29 is 32.9 Å². The summed E-state index contributed by atoms with van der Waals surface area (Å²) < 4.78 is 0. The van der Waals surface area contributed by atoms with E-state index in [4.69, 9.17) is 0 Å². The molecule has 8 heavy (non-hydrogen) atoms. The van der Waals surface area contributed by atoms with Crippen LogP contribution in [0.3, 0.4) is 0 Å². The third kappa shape index (κ3) is 231. The maximum absolute atomic E-state index is 0. The molecule has 0 bridgehead atoms. The van der Waals surface area contributed by atoms with Crippen molar-refractivity contribution in [3.05, 3.63) is 0 Å². The minimum absolute atomic E-state index is 0. The first kappa shape index (κ1) is 525. The summed E-state index contributed by atoms with van der Waals surface area (Å²) in [4.78, 5) is 0. The molecule has 0 radical (unpaired) electrons. The Morgan fingerprint density at radius 3 is 0.500 bits per heavy atom. The van der Waals surface area contributed by atoms with Gasteiger partial charge in [-0.15, -0.1) is 0 Å². The molecule has 0 aromatic rings. The van der Waals surface area contributed by atoms with E-state index in [9.17, 15) is 0 Å². The van der Waals surface area contributed by atoms with E-state index in [0.29, 0.717) is 0 Å². The largest absolute Gasteiger partial charge is 3.00 e. The van der Waals surface area contributed by atoms with Crippen molar-refractivity contribution in [3.63, 3.8) is 0 Å². The van der Waals surface area contributed by atoms with Crippen molar-refractivity contribution in [1.82, 2.24) is 0 Å². The van der Waals surface area contributed by atoms with Crippen LogP contribution in [-0.4, -0.2) is 73.3 Å². The first-order chi connectivity index (χ1) is 0. The van der Waals surface area contributed by atoms with Crippen molar-refractivity contribution in [2.75, 3.05) is 0 Å². The zero-order chi connectivity index (χ0) is 0. The van der Waals surface area contributed by atoms with E-state index in [1.165, 1.54) is 0 Å².